The Bertz CT molecular complexity index is 513. The molecule has 21 heavy (non-hydrogen) atoms. The number of carboxylic acids is 1. The number of likely N-dealkylation sites (tertiary alicyclic amines) is 1. The van der Waals surface area contributed by atoms with Gasteiger partial charge >= 0.3 is 5.97 Å². The van der Waals surface area contributed by atoms with Gasteiger partial charge in [0.15, 0.2) is 0 Å². The van der Waals surface area contributed by atoms with Gasteiger partial charge in [0.2, 0.25) is 11.8 Å². The van der Waals surface area contributed by atoms with Gasteiger partial charge in [-0.2, -0.15) is 0 Å². The quantitative estimate of drug-likeness (QED) is 0.620. The van der Waals surface area contributed by atoms with Crippen LogP contribution in [0.5, 0.6) is 0 Å². The second-order valence-corrected chi connectivity index (χ2v) is 7.49. The number of nitrogens with zero attached hydrogens (tertiary/aromatic N) is 1. The summed E-state index contributed by atoms with van der Waals surface area (Å²) in [4.78, 5) is 38.2. The molecule has 0 aromatic carbocycles. The fraction of sp³-hybridized carbons (Fsp3) is 0.688. The molecule has 5 nitrogen and oxygen atoms in total. The molecule has 2 fully saturated rings. The third kappa shape index (κ3) is 1.93. The van der Waals surface area contributed by atoms with Gasteiger partial charge in [0.25, 0.3) is 0 Å². The Kier molecular flexibility index (Phi) is 3.01. The first kappa shape index (κ1) is 14.3. The molecule has 0 radical (unpaired) electrons. The van der Waals surface area contributed by atoms with Gasteiger partial charge < -0.3 is 5.11 Å². The Morgan fingerprint density at radius 2 is 1.57 bits per heavy atom. The SMILES string of the molecule is CC(C)(C)[C@@H](C(=O)O)N1C(=O)C2C3C=CC(CC3)C2C1=O. The molecule has 1 saturated carbocycles. The molecule has 4 aliphatic rings. The lowest BCUT2D eigenvalue weighted by molar-refractivity contribution is -0.159. The molecule has 0 aromatic rings. The first-order valence-corrected chi connectivity index (χ1v) is 7.51. The van der Waals surface area contributed by atoms with Crippen LogP contribution < -0.4 is 0 Å². The topological polar surface area (TPSA) is 74.7 Å². The zero-order chi connectivity index (χ0) is 15.5. The van der Waals surface area contributed by atoms with Crippen LogP contribution in [0, 0.1) is 29.1 Å². The Hall–Kier alpha value is -1.65. The van der Waals surface area contributed by atoms with Gasteiger partial charge in [-0.3, -0.25) is 14.5 Å². The van der Waals surface area contributed by atoms with E-state index in [4.69, 9.17) is 0 Å². The van der Waals surface area contributed by atoms with Gasteiger partial charge in [0.1, 0.15) is 6.04 Å². The van der Waals surface area contributed by atoms with Crippen LogP contribution in [-0.4, -0.2) is 33.8 Å². The van der Waals surface area contributed by atoms with Gasteiger partial charge in [0.05, 0.1) is 11.8 Å². The summed E-state index contributed by atoms with van der Waals surface area (Å²) < 4.78 is 0. The van der Waals surface area contributed by atoms with Gasteiger partial charge in [-0.25, -0.2) is 4.79 Å². The Balaban J connectivity index is 2.01. The average Bonchev–Trinajstić information content (AvgIpc) is 2.66. The molecule has 1 saturated heterocycles. The van der Waals surface area contributed by atoms with E-state index >= 15 is 0 Å². The summed E-state index contributed by atoms with van der Waals surface area (Å²) >= 11 is 0. The van der Waals surface area contributed by atoms with Crippen molar-refractivity contribution in [3.05, 3.63) is 12.2 Å². The lowest BCUT2D eigenvalue weighted by Crippen LogP contribution is -2.52. The molecule has 1 N–H and O–H groups in total. The lowest BCUT2D eigenvalue weighted by atomic mass is 9.63. The average molecular weight is 291 g/mol. The number of hydrogen-bond donors (Lipinski definition) is 1. The van der Waals surface area contributed by atoms with Crippen molar-refractivity contribution in [1.29, 1.82) is 0 Å². The second-order valence-electron chi connectivity index (χ2n) is 7.49. The third-order valence-corrected chi connectivity index (χ3v) is 5.11. The van der Waals surface area contributed by atoms with Crippen molar-refractivity contribution in [1.82, 2.24) is 4.90 Å². The minimum Gasteiger partial charge on any atom is -0.480 e. The maximum absolute atomic E-state index is 12.7. The first-order chi connectivity index (χ1) is 9.73. The van der Waals surface area contributed by atoms with Crippen molar-refractivity contribution in [3.8, 4) is 0 Å². The summed E-state index contributed by atoms with van der Waals surface area (Å²) in [7, 11) is 0. The normalized spacial score (nSPS) is 36.0. The summed E-state index contributed by atoms with van der Waals surface area (Å²) in [5, 5.41) is 9.52. The predicted molar refractivity (Wildman–Crippen MR) is 75.1 cm³/mol. The molecule has 114 valence electrons. The van der Waals surface area contributed by atoms with Crippen LogP contribution in [0.25, 0.3) is 0 Å². The highest BCUT2D eigenvalue weighted by Crippen LogP contribution is 2.50. The highest BCUT2D eigenvalue weighted by Gasteiger charge is 2.60. The van der Waals surface area contributed by atoms with Crippen molar-refractivity contribution in [2.75, 3.05) is 0 Å². The van der Waals surface area contributed by atoms with Crippen LogP contribution in [0.4, 0.5) is 0 Å². The van der Waals surface area contributed by atoms with E-state index in [9.17, 15) is 19.5 Å². The highest BCUT2D eigenvalue weighted by molar-refractivity contribution is 6.08. The predicted octanol–water partition coefficient (Wildman–Crippen LogP) is 1.68. The van der Waals surface area contributed by atoms with E-state index in [1.54, 1.807) is 20.8 Å². The van der Waals surface area contributed by atoms with Crippen molar-refractivity contribution < 1.29 is 19.5 Å². The van der Waals surface area contributed by atoms with E-state index in [0.717, 1.165) is 17.7 Å². The van der Waals surface area contributed by atoms with Crippen LogP contribution >= 0.6 is 0 Å². The molecular weight excluding hydrogens is 270 g/mol. The number of carboxylic acid groups (broad SMARTS) is 1. The van der Waals surface area contributed by atoms with Crippen molar-refractivity contribution in [2.24, 2.45) is 29.1 Å². The van der Waals surface area contributed by atoms with Gasteiger partial charge in [0, 0.05) is 0 Å². The largest absolute Gasteiger partial charge is 0.480 e. The number of aliphatic carboxylic acids is 1. The van der Waals surface area contributed by atoms with E-state index < -0.39 is 17.4 Å². The smallest absolute Gasteiger partial charge is 0.327 e. The van der Waals surface area contributed by atoms with Crippen LogP contribution in [0.1, 0.15) is 33.6 Å². The third-order valence-electron chi connectivity index (χ3n) is 5.11. The van der Waals surface area contributed by atoms with Crippen molar-refractivity contribution >= 4 is 17.8 Å². The van der Waals surface area contributed by atoms with Gasteiger partial charge in [-0.15, -0.1) is 0 Å². The molecule has 2 bridgehead atoms. The number of imide groups is 1. The lowest BCUT2D eigenvalue weighted by Gasteiger charge is -2.38. The minimum atomic E-state index is -1.11. The Labute approximate surface area is 124 Å². The number of allylic oxidation sites excluding steroid dienone is 2. The summed E-state index contributed by atoms with van der Waals surface area (Å²) in [6.45, 7) is 5.25. The highest BCUT2D eigenvalue weighted by atomic mass is 16.4. The van der Waals surface area contributed by atoms with Crippen molar-refractivity contribution in [2.45, 2.75) is 39.7 Å². The van der Waals surface area contributed by atoms with E-state index in [1.807, 2.05) is 12.2 Å². The number of fused-ring (bicyclic) bond motifs is 1. The maximum atomic E-state index is 12.7. The van der Waals surface area contributed by atoms with E-state index in [1.165, 1.54) is 0 Å². The van der Waals surface area contributed by atoms with Crippen molar-refractivity contribution in [3.63, 3.8) is 0 Å². The summed E-state index contributed by atoms with van der Waals surface area (Å²) in [6.07, 6.45) is 5.92. The molecule has 4 unspecified atom stereocenters. The number of carbonyl (C=O) groups excluding carboxylic acids is 2. The zero-order valence-electron chi connectivity index (χ0n) is 12.6. The molecule has 2 amide bonds. The summed E-state index contributed by atoms with van der Waals surface area (Å²) in [5.74, 6) is -2.18. The Morgan fingerprint density at radius 1 is 1.14 bits per heavy atom. The second kappa shape index (κ2) is 4.42. The zero-order valence-corrected chi connectivity index (χ0v) is 12.6. The maximum Gasteiger partial charge on any atom is 0.327 e. The molecule has 1 aliphatic heterocycles. The van der Waals surface area contributed by atoms with Gasteiger partial charge in [-0.05, 0) is 30.1 Å². The molecule has 5 atom stereocenters. The van der Waals surface area contributed by atoms with E-state index in [0.29, 0.717) is 0 Å². The van der Waals surface area contributed by atoms with E-state index in [-0.39, 0.29) is 35.5 Å². The molecule has 0 aromatic heterocycles. The van der Waals surface area contributed by atoms with Gasteiger partial charge in [-0.1, -0.05) is 32.9 Å². The molecule has 4 rings (SSSR count). The molecular formula is C16H21NO4. The number of hydrogen-bond acceptors (Lipinski definition) is 3. The van der Waals surface area contributed by atoms with Crippen LogP contribution in [-0.2, 0) is 14.4 Å². The Morgan fingerprint density at radius 3 is 1.86 bits per heavy atom. The molecule has 1 heterocycles. The fourth-order valence-electron chi connectivity index (χ4n) is 4.22. The van der Waals surface area contributed by atoms with E-state index in [2.05, 4.69) is 0 Å². The number of carbonyl (C=O) groups is 3. The standard InChI is InChI=1S/C16H21NO4/c1-16(2,3)12(15(20)21)17-13(18)10-8-4-5-9(7-6-8)11(10)14(17)19/h4-5,8-12H,6-7H2,1-3H3,(H,20,21)/t8?,9?,10?,11?,12-/m1/s1. The monoisotopic (exact) mass is 291 g/mol. The number of amides is 2. The van der Waals surface area contributed by atoms with Crippen LogP contribution in [0.15, 0.2) is 12.2 Å². The minimum absolute atomic E-state index is 0.0934. The first-order valence-electron chi connectivity index (χ1n) is 7.51. The fourth-order valence-corrected chi connectivity index (χ4v) is 4.22. The number of rotatable bonds is 2. The van der Waals surface area contributed by atoms with Crippen LogP contribution in [0.3, 0.4) is 0 Å². The summed E-state index contributed by atoms with van der Waals surface area (Å²) in [5.41, 5.74) is -0.683. The molecule has 3 aliphatic carbocycles. The molecule has 5 heteroatoms. The summed E-state index contributed by atoms with van der Waals surface area (Å²) in [6, 6.07) is -1.09. The van der Waals surface area contributed by atoms with Crippen LogP contribution in [0.2, 0.25) is 0 Å². The molecule has 0 spiro atoms.